The zero-order valence-electron chi connectivity index (χ0n) is 19.9. The molecule has 0 aliphatic carbocycles. The van der Waals surface area contributed by atoms with Gasteiger partial charge in [-0.25, -0.2) is 4.98 Å². The van der Waals surface area contributed by atoms with Crippen molar-refractivity contribution in [2.24, 2.45) is 17.8 Å². The van der Waals surface area contributed by atoms with Crippen LogP contribution < -0.4 is 5.32 Å². The van der Waals surface area contributed by atoms with Gasteiger partial charge < -0.3 is 5.32 Å². The maximum atomic E-state index is 13.3. The van der Waals surface area contributed by atoms with Gasteiger partial charge in [-0.05, 0) is 38.3 Å². The number of nitrogens with one attached hydrogen (secondary N) is 1. The number of thiazole rings is 1. The number of aldehydes is 1. The van der Waals surface area contributed by atoms with E-state index in [4.69, 9.17) is 0 Å². The average Bonchev–Trinajstić information content (AvgIpc) is 3.22. The molecule has 32 heavy (non-hydrogen) atoms. The lowest BCUT2D eigenvalue weighted by Gasteiger charge is -2.33. The van der Waals surface area contributed by atoms with Crippen LogP contribution >= 0.6 is 11.3 Å². The van der Waals surface area contributed by atoms with Crippen LogP contribution in [-0.4, -0.2) is 59.3 Å². The van der Waals surface area contributed by atoms with Gasteiger partial charge in [0.2, 0.25) is 5.91 Å². The van der Waals surface area contributed by atoms with Gasteiger partial charge in [0.15, 0.2) is 17.9 Å². The normalized spacial score (nSPS) is 19.9. The second kappa shape index (κ2) is 12.3. The van der Waals surface area contributed by atoms with E-state index in [0.29, 0.717) is 17.0 Å². The summed E-state index contributed by atoms with van der Waals surface area (Å²) >= 11 is 1.26. The zero-order chi connectivity index (χ0) is 23.8. The van der Waals surface area contributed by atoms with E-state index in [0.717, 1.165) is 32.2 Å². The molecule has 2 rings (SSSR count). The van der Waals surface area contributed by atoms with Crippen LogP contribution in [0, 0.1) is 17.8 Å². The topological polar surface area (TPSA) is 96.4 Å². The first-order valence-corrected chi connectivity index (χ1v) is 12.5. The third-order valence-corrected chi connectivity index (χ3v) is 7.42. The van der Waals surface area contributed by atoms with Crippen LogP contribution in [0.4, 0.5) is 0 Å². The number of Topliss-reactive ketones (excluding diaryl/α,β-unsaturated/α-hetero) is 2. The standard InChI is InChI=1S/C24H37N3O4S/c1-6-16(4)18(11-20(29)19-9-7-8-10-27(19)5)24(31)26-23(15(2)3)21(30)12-22-25-17(13-28)14-32-22/h13-16,18-19,23H,6-12H2,1-5H3,(H,26,31)/t16?,18-,19?,23-/m0/s1. The fourth-order valence-electron chi connectivity index (χ4n) is 4.27. The summed E-state index contributed by atoms with van der Waals surface area (Å²) < 4.78 is 0. The predicted molar refractivity (Wildman–Crippen MR) is 126 cm³/mol. The van der Waals surface area contributed by atoms with E-state index < -0.39 is 12.0 Å². The van der Waals surface area contributed by atoms with Gasteiger partial charge in [-0.3, -0.25) is 24.1 Å². The number of likely N-dealkylation sites (N-methyl/N-ethyl adjacent to an activating group) is 1. The van der Waals surface area contributed by atoms with Gasteiger partial charge in [0, 0.05) is 17.7 Å². The summed E-state index contributed by atoms with van der Waals surface area (Å²) in [6.07, 6.45) is 4.68. The Morgan fingerprint density at radius 2 is 2.00 bits per heavy atom. The highest BCUT2D eigenvalue weighted by molar-refractivity contribution is 7.09. The van der Waals surface area contributed by atoms with Crippen molar-refractivity contribution in [1.82, 2.24) is 15.2 Å². The van der Waals surface area contributed by atoms with Gasteiger partial charge in [-0.1, -0.05) is 40.5 Å². The summed E-state index contributed by atoms with van der Waals surface area (Å²) in [5.74, 6) is -0.783. The fourth-order valence-corrected chi connectivity index (χ4v) is 5.02. The van der Waals surface area contributed by atoms with Crippen LogP contribution in [0.25, 0.3) is 0 Å². The molecular formula is C24H37N3O4S. The fraction of sp³-hybridized carbons (Fsp3) is 0.708. The number of ketones is 2. The molecule has 1 aliphatic rings. The van der Waals surface area contributed by atoms with Crippen molar-refractivity contribution in [2.45, 2.75) is 78.3 Å². The van der Waals surface area contributed by atoms with E-state index in [1.165, 1.54) is 11.3 Å². The highest BCUT2D eigenvalue weighted by Gasteiger charge is 2.34. The molecule has 7 nitrogen and oxygen atoms in total. The monoisotopic (exact) mass is 463 g/mol. The third kappa shape index (κ3) is 7.04. The Morgan fingerprint density at radius 1 is 1.28 bits per heavy atom. The first-order chi connectivity index (χ1) is 15.2. The molecule has 1 aromatic heterocycles. The second-order valence-corrected chi connectivity index (χ2v) is 10.3. The minimum Gasteiger partial charge on any atom is -0.346 e. The Kier molecular flexibility index (Phi) is 10.2. The number of rotatable bonds is 12. The third-order valence-electron chi connectivity index (χ3n) is 6.56. The molecule has 1 aromatic rings. The van der Waals surface area contributed by atoms with E-state index in [-0.39, 0.29) is 48.2 Å². The van der Waals surface area contributed by atoms with Gasteiger partial charge in [-0.2, -0.15) is 0 Å². The number of likely N-dealkylation sites (tertiary alicyclic amines) is 1. The Hall–Kier alpha value is -1.93. The molecule has 178 valence electrons. The van der Waals surface area contributed by atoms with Crippen LogP contribution in [0.15, 0.2) is 5.38 Å². The molecule has 0 bridgehead atoms. The number of hydrogen-bond donors (Lipinski definition) is 1. The Bertz CT molecular complexity index is 807. The van der Waals surface area contributed by atoms with Gasteiger partial charge in [0.05, 0.1) is 18.5 Å². The van der Waals surface area contributed by atoms with E-state index in [9.17, 15) is 19.2 Å². The molecule has 1 aliphatic heterocycles. The molecular weight excluding hydrogens is 426 g/mol. The molecule has 0 saturated carbocycles. The Balaban J connectivity index is 2.09. The molecule has 8 heteroatoms. The van der Waals surface area contributed by atoms with E-state index >= 15 is 0 Å². The lowest BCUT2D eigenvalue weighted by Crippen LogP contribution is -2.49. The Labute approximate surface area is 195 Å². The number of piperidine rings is 1. The average molecular weight is 464 g/mol. The zero-order valence-corrected chi connectivity index (χ0v) is 20.7. The SMILES string of the molecule is CCC(C)[C@H](CC(=O)C1CCCCN1C)C(=O)N[C@H](C(=O)Cc1nc(C=O)cs1)C(C)C. The summed E-state index contributed by atoms with van der Waals surface area (Å²) in [6.45, 7) is 8.69. The number of hydrogen-bond acceptors (Lipinski definition) is 7. The maximum Gasteiger partial charge on any atom is 0.224 e. The summed E-state index contributed by atoms with van der Waals surface area (Å²) in [7, 11) is 1.97. The summed E-state index contributed by atoms with van der Waals surface area (Å²) in [6, 6.07) is -0.785. The highest BCUT2D eigenvalue weighted by atomic mass is 32.1. The molecule has 0 aromatic carbocycles. The minimum absolute atomic E-state index is 0.0323. The second-order valence-electron chi connectivity index (χ2n) is 9.31. The lowest BCUT2D eigenvalue weighted by molar-refractivity contribution is -0.135. The van der Waals surface area contributed by atoms with Crippen LogP contribution in [0.1, 0.15) is 75.3 Å². The van der Waals surface area contributed by atoms with Crippen molar-refractivity contribution in [3.05, 3.63) is 16.1 Å². The minimum atomic E-state index is -0.662. The smallest absolute Gasteiger partial charge is 0.224 e. The first-order valence-electron chi connectivity index (χ1n) is 11.6. The van der Waals surface area contributed by atoms with Gasteiger partial charge >= 0.3 is 0 Å². The molecule has 1 N–H and O–H groups in total. The van der Waals surface area contributed by atoms with Crippen LogP contribution in [0.2, 0.25) is 0 Å². The lowest BCUT2D eigenvalue weighted by atomic mass is 9.83. The van der Waals surface area contributed by atoms with E-state index in [1.807, 2.05) is 34.7 Å². The Morgan fingerprint density at radius 3 is 2.56 bits per heavy atom. The number of carbonyl (C=O) groups is 4. The molecule has 1 saturated heterocycles. The van der Waals surface area contributed by atoms with Crippen LogP contribution in [0.3, 0.4) is 0 Å². The molecule has 1 fully saturated rings. The van der Waals surface area contributed by atoms with Crippen molar-refractivity contribution >= 4 is 35.1 Å². The number of nitrogens with zero attached hydrogens (tertiary/aromatic N) is 2. The van der Waals surface area contributed by atoms with Crippen molar-refractivity contribution in [3.63, 3.8) is 0 Å². The van der Waals surface area contributed by atoms with Gasteiger partial charge in [-0.15, -0.1) is 11.3 Å². The highest BCUT2D eigenvalue weighted by Crippen LogP contribution is 2.25. The number of amides is 1. The molecule has 1 amide bonds. The van der Waals surface area contributed by atoms with E-state index in [2.05, 4.69) is 15.2 Å². The summed E-state index contributed by atoms with van der Waals surface area (Å²) in [5, 5.41) is 5.12. The van der Waals surface area contributed by atoms with Crippen molar-refractivity contribution < 1.29 is 19.2 Å². The van der Waals surface area contributed by atoms with Crippen molar-refractivity contribution in [3.8, 4) is 0 Å². The number of carbonyl (C=O) groups excluding carboxylic acids is 4. The largest absolute Gasteiger partial charge is 0.346 e. The summed E-state index contributed by atoms with van der Waals surface area (Å²) in [5.41, 5.74) is 0.311. The van der Waals surface area contributed by atoms with Gasteiger partial charge in [0.25, 0.3) is 0 Å². The summed E-state index contributed by atoms with van der Waals surface area (Å²) in [4.78, 5) is 56.4. The van der Waals surface area contributed by atoms with E-state index in [1.54, 1.807) is 5.38 Å². The first kappa shape index (κ1) is 26.3. The van der Waals surface area contributed by atoms with Crippen molar-refractivity contribution in [1.29, 1.82) is 0 Å². The quantitative estimate of drug-likeness (QED) is 0.478. The molecule has 2 heterocycles. The van der Waals surface area contributed by atoms with Crippen LogP contribution in [0.5, 0.6) is 0 Å². The molecule has 0 spiro atoms. The maximum absolute atomic E-state index is 13.3. The molecule has 4 atom stereocenters. The number of aromatic nitrogens is 1. The van der Waals surface area contributed by atoms with Crippen molar-refractivity contribution in [2.75, 3.05) is 13.6 Å². The van der Waals surface area contributed by atoms with Gasteiger partial charge in [0.1, 0.15) is 10.7 Å². The predicted octanol–water partition coefficient (Wildman–Crippen LogP) is 3.31. The van der Waals surface area contributed by atoms with Crippen LogP contribution in [-0.2, 0) is 20.8 Å². The molecule has 0 radical (unpaired) electrons. The molecule has 2 unspecified atom stereocenters.